The predicted octanol–water partition coefficient (Wildman–Crippen LogP) is 1.10. The molecule has 1 saturated carbocycles. The number of rotatable bonds is 5. The number of aliphatic hydroxyl groups excluding tert-OH is 1. The van der Waals surface area contributed by atoms with Crippen molar-refractivity contribution in [2.75, 3.05) is 19.6 Å². The number of aromatic nitrogens is 1. The van der Waals surface area contributed by atoms with Crippen molar-refractivity contribution < 1.29 is 14.7 Å². The third-order valence-electron chi connectivity index (χ3n) is 5.76. The molecule has 0 spiro atoms. The van der Waals surface area contributed by atoms with Crippen molar-refractivity contribution in [3.8, 4) is 0 Å². The number of carbonyl (C=O) groups excluding carboxylic acids is 2. The topological polar surface area (TPSA) is 82.9 Å². The second-order valence-corrected chi connectivity index (χ2v) is 7.77. The fraction of sp³-hybridized carbons (Fsp3) is 0.409. The lowest BCUT2D eigenvalue weighted by Gasteiger charge is -2.42. The maximum absolute atomic E-state index is 13.1. The molecule has 1 unspecified atom stereocenters. The normalized spacial score (nSPS) is 19.3. The molecule has 2 fully saturated rings. The molecule has 7 heteroatoms. The number of carbonyl (C=O) groups is 2. The minimum absolute atomic E-state index is 0.00882. The third kappa shape index (κ3) is 4.24. The van der Waals surface area contributed by atoms with E-state index in [0.29, 0.717) is 36.7 Å². The summed E-state index contributed by atoms with van der Waals surface area (Å²) in [6, 6.07) is 11.9. The zero-order chi connectivity index (χ0) is 20.4. The number of hydrogen-bond acceptors (Lipinski definition) is 4. The summed E-state index contributed by atoms with van der Waals surface area (Å²) in [5, 5.41) is 9.35. The molecule has 1 aliphatic heterocycles. The Morgan fingerprint density at radius 1 is 1.07 bits per heavy atom. The molecule has 2 heterocycles. The first-order valence-electron chi connectivity index (χ1n) is 10.0. The number of nitrogens with zero attached hydrogens (tertiary/aromatic N) is 3. The lowest BCUT2D eigenvalue weighted by atomic mass is 10.0. The van der Waals surface area contributed by atoms with Gasteiger partial charge in [0.15, 0.2) is 0 Å². The molecular weight excluding hydrogens is 370 g/mol. The van der Waals surface area contributed by atoms with Crippen LogP contribution in [0.1, 0.15) is 28.8 Å². The first-order valence-corrected chi connectivity index (χ1v) is 10.0. The van der Waals surface area contributed by atoms with E-state index >= 15 is 0 Å². The summed E-state index contributed by atoms with van der Waals surface area (Å²) < 4.78 is 1.41. The van der Waals surface area contributed by atoms with Crippen LogP contribution >= 0.6 is 0 Å². The fourth-order valence-electron chi connectivity index (χ4n) is 3.98. The summed E-state index contributed by atoms with van der Waals surface area (Å²) in [5.41, 5.74) is 1.08. The van der Waals surface area contributed by atoms with Gasteiger partial charge in [-0.1, -0.05) is 18.2 Å². The van der Waals surface area contributed by atoms with Crippen LogP contribution in [-0.2, 0) is 17.9 Å². The summed E-state index contributed by atoms with van der Waals surface area (Å²) >= 11 is 0. The average molecular weight is 395 g/mol. The molecule has 1 atom stereocenters. The van der Waals surface area contributed by atoms with Crippen molar-refractivity contribution in [1.82, 2.24) is 14.4 Å². The molecule has 7 nitrogen and oxygen atoms in total. The summed E-state index contributed by atoms with van der Waals surface area (Å²) in [6.45, 7) is 1.34. The Labute approximate surface area is 169 Å². The van der Waals surface area contributed by atoms with Crippen LogP contribution in [0.5, 0.6) is 0 Å². The number of hydrogen-bond donors (Lipinski definition) is 1. The fourth-order valence-corrected chi connectivity index (χ4v) is 3.98. The molecular formula is C22H25N3O4. The molecule has 0 bridgehead atoms. The van der Waals surface area contributed by atoms with Gasteiger partial charge in [0.1, 0.15) is 6.54 Å². The molecule has 1 saturated heterocycles. The van der Waals surface area contributed by atoms with Crippen LogP contribution in [0.25, 0.3) is 0 Å². The molecule has 2 amide bonds. The molecule has 4 rings (SSSR count). The van der Waals surface area contributed by atoms with Gasteiger partial charge in [0.05, 0.1) is 12.6 Å². The van der Waals surface area contributed by atoms with Crippen molar-refractivity contribution in [1.29, 1.82) is 0 Å². The van der Waals surface area contributed by atoms with Crippen LogP contribution in [0.2, 0.25) is 0 Å². The number of amides is 2. The maximum Gasteiger partial charge on any atom is 0.254 e. The van der Waals surface area contributed by atoms with E-state index in [0.717, 1.165) is 12.8 Å². The summed E-state index contributed by atoms with van der Waals surface area (Å²) in [6.07, 6.45) is 3.74. The number of piperazine rings is 1. The van der Waals surface area contributed by atoms with Crippen molar-refractivity contribution in [3.05, 3.63) is 70.1 Å². The van der Waals surface area contributed by atoms with E-state index in [2.05, 4.69) is 0 Å². The standard InChI is InChI=1S/C22H25N3O4/c26-15-16-4-3-5-18(12-16)22(29)25-11-10-24(13-19(25)17-7-8-17)21(28)14-23-9-2-1-6-20(23)27/h1-6,9,12,17,19,26H,7-8,10-11,13-15H2. The maximum atomic E-state index is 13.1. The van der Waals surface area contributed by atoms with Gasteiger partial charge < -0.3 is 19.5 Å². The Bertz CT molecular complexity index is 966. The van der Waals surface area contributed by atoms with Gasteiger partial charge in [-0.05, 0) is 42.5 Å². The molecule has 2 aromatic rings. The van der Waals surface area contributed by atoms with Crippen molar-refractivity contribution >= 4 is 11.8 Å². The Morgan fingerprint density at radius 3 is 2.62 bits per heavy atom. The van der Waals surface area contributed by atoms with Gasteiger partial charge in [0.25, 0.3) is 11.5 Å². The zero-order valence-electron chi connectivity index (χ0n) is 16.2. The minimum Gasteiger partial charge on any atom is -0.392 e. The molecule has 2 aliphatic rings. The molecule has 1 aromatic carbocycles. The van der Waals surface area contributed by atoms with Crippen LogP contribution in [-0.4, -0.2) is 57.0 Å². The predicted molar refractivity (Wildman–Crippen MR) is 107 cm³/mol. The molecule has 1 aromatic heterocycles. The lowest BCUT2D eigenvalue weighted by Crippen LogP contribution is -2.58. The van der Waals surface area contributed by atoms with Gasteiger partial charge in [-0.3, -0.25) is 14.4 Å². The van der Waals surface area contributed by atoms with Crippen LogP contribution in [0, 0.1) is 5.92 Å². The van der Waals surface area contributed by atoms with Gasteiger partial charge in [-0.25, -0.2) is 0 Å². The van der Waals surface area contributed by atoms with Crippen molar-refractivity contribution in [2.45, 2.75) is 32.0 Å². The Hall–Kier alpha value is -2.93. The number of aliphatic hydroxyl groups is 1. The molecule has 1 N–H and O–H groups in total. The Kier molecular flexibility index (Phi) is 5.49. The monoisotopic (exact) mass is 395 g/mol. The largest absolute Gasteiger partial charge is 0.392 e. The highest BCUT2D eigenvalue weighted by molar-refractivity contribution is 5.95. The second kappa shape index (κ2) is 8.21. The van der Waals surface area contributed by atoms with E-state index in [4.69, 9.17) is 0 Å². The van der Waals surface area contributed by atoms with Crippen molar-refractivity contribution in [3.63, 3.8) is 0 Å². The highest BCUT2D eigenvalue weighted by atomic mass is 16.3. The molecule has 1 aliphatic carbocycles. The van der Waals surface area contributed by atoms with Gasteiger partial charge in [-0.2, -0.15) is 0 Å². The third-order valence-corrected chi connectivity index (χ3v) is 5.76. The van der Waals surface area contributed by atoms with E-state index in [1.807, 2.05) is 4.90 Å². The van der Waals surface area contributed by atoms with Crippen LogP contribution < -0.4 is 5.56 Å². The molecule has 152 valence electrons. The molecule has 0 radical (unpaired) electrons. The Balaban J connectivity index is 1.47. The van der Waals surface area contributed by atoms with Gasteiger partial charge in [0, 0.05) is 37.5 Å². The van der Waals surface area contributed by atoms with Crippen LogP contribution in [0.15, 0.2) is 53.5 Å². The zero-order valence-corrected chi connectivity index (χ0v) is 16.2. The average Bonchev–Trinajstić information content (AvgIpc) is 3.60. The summed E-state index contributed by atoms with van der Waals surface area (Å²) in [7, 11) is 0. The van der Waals surface area contributed by atoms with E-state index in [1.165, 1.54) is 10.6 Å². The second-order valence-electron chi connectivity index (χ2n) is 7.77. The molecule has 29 heavy (non-hydrogen) atoms. The first-order chi connectivity index (χ1) is 14.1. The number of pyridine rings is 1. The summed E-state index contributed by atoms with van der Waals surface area (Å²) in [4.78, 5) is 41.4. The highest BCUT2D eigenvalue weighted by Gasteiger charge is 2.42. The van der Waals surface area contributed by atoms with Gasteiger partial charge in [0.2, 0.25) is 5.91 Å². The smallest absolute Gasteiger partial charge is 0.254 e. The van der Waals surface area contributed by atoms with Gasteiger partial charge in [-0.15, -0.1) is 0 Å². The SMILES string of the molecule is O=C(Cn1ccccc1=O)N1CCN(C(=O)c2cccc(CO)c2)C(C2CC2)C1. The Morgan fingerprint density at radius 2 is 1.90 bits per heavy atom. The summed E-state index contributed by atoms with van der Waals surface area (Å²) in [5.74, 6) is 0.261. The van der Waals surface area contributed by atoms with Crippen LogP contribution in [0.3, 0.4) is 0 Å². The van der Waals surface area contributed by atoms with E-state index in [9.17, 15) is 19.5 Å². The van der Waals surface area contributed by atoms with E-state index < -0.39 is 0 Å². The van der Waals surface area contributed by atoms with Gasteiger partial charge >= 0.3 is 0 Å². The van der Waals surface area contributed by atoms with Crippen LogP contribution in [0.4, 0.5) is 0 Å². The number of benzene rings is 1. The first kappa shape index (κ1) is 19.4. The van der Waals surface area contributed by atoms with Crippen molar-refractivity contribution in [2.24, 2.45) is 5.92 Å². The minimum atomic E-state index is -0.197. The quantitative estimate of drug-likeness (QED) is 0.822. The van der Waals surface area contributed by atoms with E-state index in [-0.39, 0.29) is 36.6 Å². The lowest BCUT2D eigenvalue weighted by molar-refractivity contribution is -0.134. The van der Waals surface area contributed by atoms with E-state index in [1.54, 1.807) is 47.5 Å². The highest BCUT2D eigenvalue weighted by Crippen LogP contribution is 2.37.